The van der Waals surface area contributed by atoms with Gasteiger partial charge in [0.25, 0.3) is 6.47 Å². The molecule has 1 aromatic carbocycles. The van der Waals surface area contributed by atoms with Gasteiger partial charge >= 0.3 is 0 Å². The van der Waals surface area contributed by atoms with Gasteiger partial charge in [-0.25, -0.2) is 24.3 Å². The number of rotatable bonds is 8. The van der Waals surface area contributed by atoms with Gasteiger partial charge in [-0.3, -0.25) is 14.0 Å². The maximum Gasteiger partial charge on any atom is 0.290 e. The molecule has 2 fully saturated rings. The van der Waals surface area contributed by atoms with E-state index in [1.165, 1.54) is 23.5 Å². The molecule has 0 spiro atoms. The van der Waals surface area contributed by atoms with Gasteiger partial charge in [-0.2, -0.15) is 5.26 Å². The number of imidazole rings is 1. The van der Waals surface area contributed by atoms with Crippen molar-refractivity contribution in [2.45, 2.75) is 50.8 Å². The zero-order valence-corrected chi connectivity index (χ0v) is 28.8. The number of aromatic nitrogens is 5. The van der Waals surface area contributed by atoms with Crippen LogP contribution in [0.5, 0.6) is 0 Å². The summed E-state index contributed by atoms with van der Waals surface area (Å²) >= 11 is 1.28. The number of hydrogen-bond donors (Lipinski definition) is 4. The first-order valence-corrected chi connectivity index (χ1v) is 17.3. The number of aliphatic hydroxyl groups is 1. The number of hydrogen-bond acceptors (Lipinski definition) is 12. The minimum absolute atomic E-state index is 0.0470. The first kappa shape index (κ1) is 35.3. The topological polar surface area (TPSA) is 185 Å². The van der Waals surface area contributed by atoms with Crippen LogP contribution in [-0.2, 0) is 16.0 Å². The van der Waals surface area contributed by atoms with Crippen molar-refractivity contribution in [2.75, 3.05) is 36.5 Å². The molecule has 16 heteroatoms. The van der Waals surface area contributed by atoms with Crippen LogP contribution in [0.15, 0.2) is 55.0 Å². The maximum atomic E-state index is 13.6. The molecule has 0 radical (unpaired) electrons. The Labute approximate surface area is 297 Å². The molecule has 7 rings (SSSR count). The lowest BCUT2D eigenvalue weighted by Gasteiger charge is -2.32. The number of carbonyl (C=O) groups is 2. The third-order valence-electron chi connectivity index (χ3n) is 8.96. The van der Waals surface area contributed by atoms with Gasteiger partial charge in [0.2, 0.25) is 11.9 Å². The van der Waals surface area contributed by atoms with Crippen molar-refractivity contribution in [3.8, 4) is 28.5 Å². The summed E-state index contributed by atoms with van der Waals surface area (Å²) in [5.74, 6) is 1.09. The third kappa shape index (κ3) is 7.65. The predicted octanol–water partition coefficient (Wildman–Crippen LogP) is 3.76. The summed E-state index contributed by atoms with van der Waals surface area (Å²) in [5, 5.41) is 33.3. The average molecular weight is 713 g/mol. The lowest BCUT2D eigenvalue weighted by molar-refractivity contribution is -0.124. The molecule has 2 aliphatic heterocycles. The molecular weight excluding hydrogens is 676 g/mol. The van der Waals surface area contributed by atoms with Gasteiger partial charge in [-0.15, -0.1) is 0 Å². The zero-order valence-electron chi connectivity index (χ0n) is 28.0. The molecule has 2 saturated heterocycles. The monoisotopic (exact) mass is 712 g/mol. The maximum absolute atomic E-state index is 13.6. The fourth-order valence-corrected chi connectivity index (χ4v) is 7.19. The van der Waals surface area contributed by atoms with Crippen LogP contribution in [0.25, 0.3) is 28.0 Å². The Morgan fingerprint density at radius 1 is 1.14 bits per heavy atom. The van der Waals surface area contributed by atoms with Crippen molar-refractivity contribution in [3.63, 3.8) is 0 Å². The molecule has 0 saturated carbocycles. The Balaban J connectivity index is 0.00000144. The molecular formula is C35H37FN10O4S. The van der Waals surface area contributed by atoms with Crippen LogP contribution >= 0.6 is 11.3 Å². The number of benzene rings is 1. The van der Waals surface area contributed by atoms with E-state index in [0.29, 0.717) is 46.6 Å². The molecule has 2 atom stereocenters. The van der Waals surface area contributed by atoms with Crippen LogP contribution in [0.4, 0.5) is 21.3 Å². The molecule has 4 aromatic heterocycles. The van der Waals surface area contributed by atoms with E-state index >= 15 is 0 Å². The molecule has 4 N–H and O–H groups in total. The number of nitriles is 1. The largest absolute Gasteiger partial charge is 0.483 e. The van der Waals surface area contributed by atoms with Crippen LogP contribution in [0.1, 0.15) is 36.8 Å². The van der Waals surface area contributed by atoms with E-state index in [2.05, 4.69) is 21.6 Å². The lowest BCUT2D eigenvalue weighted by Crippen LogP contribution is -2.49. The van der Waals surface area contributed by atoms with Crippen molar-refractivity contribution in [2.24, 2.45) is 0 Å². The molecule has 264 valence electrons. The number of β-amino-alcohol motifs (C(OH)–C–C–N with tert-alkyl or cyclic N) is 1. The normalized spacial score (nSPS) is 17.4. The van der Waals surface area contributed by atoms with Gasteiger partial charge in [-0.1, -0.05) is 18.3 Å². The Kier molecular flexibility index (Phi) is 10.8. The number of nitrogens with one attached hydrogen (secondary N) is 2. The number of carbonyl (C=O) groups excluding carboxylic acids is 1. The third-order valence-corrected chi connectivity index (χ3v) is 9.99. The number of thiazole rings is 1. The van der Waals surface area contributed by atoms with Gasteiger partial charge in [0.05, 0.1) is 17.8 Å². The molecule has 0 aliphatic carbocycles. The summed E-state index contributed by atoms with van der Waals surface area (Å²) in [6.45, 7) is 3.72. The Morgan fingerprint density at radius 3 is 2.45 bits per heavy atom. The van der Waals surface area contributed by atoms with E-state index in [1.807, 2.05) is 54.0 Å². The SMILES string of the molecule is CCc1nc2ccc(-c3cnc(N4CCC(NC(=O)[C@@H]5C[C@H](O)CN5)CC4)nc3)cn2c1N(C)c1nc(-c2ccc(F)cc2)c(C#N)s1.O=CO. The number of nitrogens with zero attached hydrogens (tertiary/aromatic N) is 8. The number of halogens is 1. The number of anilines is 3. The summed E-state index contributed by atoms with van der Waals surface area (Å²) in [5.41, 5.74) is 4.63. The average Bonchev–Trinajstić information content (AvgIpc) is 3.89. The summed E-state index contributed by atoms with van der Waals surface area (Å²) < 4.78 is 15.6. The number of pyridine rings is 1. The molecule has 0 bridgehead atoms. The summed E-state index contributed by atoms with van der Waals surface area (Å²) in [7, 11) is 1.91. The number of carboxylic acid groups (broad SMARTS) is 1. The Morgan fingerprint density at radius 2 is 1.82 bits per heavy atom. The second kappa shape index (κ2) is 15.6. The highest BCUT2D eigenvalue weighted by atomic mass is 32.1. The van der Waals surface area contributed by atoms with E-state index in [4.69, 9.17) is 29.8 Å². The van der Waals surface area contributed by atoms with Crippen molar-refractivity contribution in [1.29, 1.82) is 5.26 Å². The predicted molar refractivity (Wildman–Crippen MR) is 190 cm³/mol. The van der Waals surface area contributed by atoms with Crippen LogP contribution in [0.3, 0.4) is 0 Å². The number of piperidine rings is 1. The number of amides is 1. The summed E-state index contributed by atoms with van der Waals surface area (Å²) in [4.78, 5) is 44.5. The molecule has 14 nitrogen and oxygen atoms in total. The van der Waals surface area contributed by atoms with Crippen molar-refractivity contribution >= 4 is 46.3 Å². The second-order valence-corrected chi connectivity index (χ2v) is 13.2. The van der Waals surface area contributed by atoms with Crippen LogP contribution in [0, 0.1) is 17.1 Å². The number of aliphatic hydroxyl groups excluding tert-OH is 1. The van der Waals surface area contributed by atoms with Gasteiger partial charge < -0.3 is 30.6 Å². The van der Waals surface area contributed by atoms with E-state index in [9.17, 15) is 19.6 Å². The molecule has 0 unspecified atom stereocenters. The van der Waals surface area contributed by atoms with E-state index < -0.39 is 6.10 Å². The fourth-order valence-electron chi connectivity index (χ4n) is 6.34. The van der Waals surface area contributed by atoms with E-state index in [0.717, 1.165) is 54.2 Å². The zero-order chi connectivity index (χ0) is 36.1. The quantitative estimate of drug-likeness (QED) is 0.171. The molecule has 1 amide bonds. The first-order valence-electron chi connectivity index (χ1n) is 16.5. The van der Waals surface area contributed by atoms with Gasteiger partial charge in [-0.05, 0) is 62.1 Å². The Bertz CT molecular complexity index is 2040. The Hall–Kier alpha value is -5.50. The van der Waals surface area contributed by atoms with E-state index in [1.54, 1.807) is 12.1 Å². The highest BCUT2D eigenvalue weighted by molar-refractivity contribution is 7.16. The van der Waals surface area contributed by atoms with Gasteiger partial charge in [0.1, 0.15) is 33.9 Å². The van der Waals surface area contributed by atoms with Crippen LogP contribution in [0.2, 0.25) is 0 Å². The fraction of sp³-hybridized carbons (Fsp3) is 0.343. The molecule has 2 aliphatic rings. The number of aryl methyl sites for hydroxylation is 1. The smallest absolute Gasteiger partial charge is 0.290 e. The highest BCUT2D eigenvalue weighted by Crippen LogP contribution is 2.37. The number of fused-ring (bicyclic) bond motifs is 1. The molecule has 6 heterocycles. The second-order valence-electron chi connectivity index (χ2n) is 12.2. The highest BCUT2D eigenvalue weighted by Gasteiger charge is 2.30. The molecule has 5 aromatic rings. The lowest BCUT2D eigenvalue weighted by atomic mass is 10.0. The minimum atomic E-state index is -0.465. The molecule has 51 heavy (non-hydrogen) atoms. The minimum Gasteiger partial charge on any atom is -0.483 e. The van der Waals surface area contributed by atoms with Crippen molar-refractivity contribution in [3.05, 3.63) is 71.4 Å². The van der Waals surface area contributed by atoms with Crippen LogP contribution in [-0.4, -0.2) is 91.8 Å². The standard InChI is InChI=1S/C34H35FN10O2S.CH2O2/c1-3-26-32(43(2)34-42-30(28(15-36)48-34)20-4-7-23(35)8-5-20)45-19-21(6-9-29(45)41-26)22-16-38-33(39-17-22)44-12-10-24(11-13-44)40-31(47)27-14-25(46)18-37-27;2-1-3/h4-9,16-17,19,24-25,27,37,46H,3,10-14,18H2,1-2H3,(H,40,47);1H,(H,2,3)/t25-,27-;/m0./s1. The van der Waals surface area contributed by atoms with E-state index in [-0.39, 0.29) is 30.3 Å². The van der Waals surface area contributed by atoms with Gasteiger partial charge in [0.15, 0.2) is 5.13 Å². The summed E-state index contributed by atoms with van der Waals surface area (Å²) in [6, 6.07) is 12.0. The van der Waals surface area contributed by atoms with Gasteiger partial charge in [0, 0.05) is 68.0 Å². The van der Waals surface area contributed by atoms with Crippen molar-refractivity contribution < 1.29 is 24.2 Å². The summed E-state index contributed by atoms with van der Waals surface area (Å²) in [6.07, 6.45) is 7.92. The van der Waals surface area contributed by atoms with Crippen LogP contribution < -0.4 is 20.4 Å². The first-order chi connectivity index (χ1) is 24.7. The van der Waals surface area contributed by atoms with Crippen molar-refractivity contribution in [1.82, 2.24) is 35.0 Å².